The zero-order chi connectivity index (χ0) is 22.3. The Morgan fingerprint density at radius 1 is 0.600 bits per heavy atom. The summed E-state index contributed by atoms with van der Waals surface area (Å²) in [6, 6.07) is 0.233. The van der Waals surface area contributed by atoms with E-state index in [-0.39, 0.29) is 6.04 Å². The second-order valence-electron chi connectivity index (χ2n) is 9.38. The molecule has 0 radical (unpaired) electrons. The van der Waals surface area contributed by atoms with Crippen LogP contribution in [0.2, 0.25) is 0 Å². The molecule has 180 valence electrons. The quantitative estimate of drug-likeness (QED) is 0.157. The third-order valence-electron chi connectivity index (χ3n) is 6.42. The average Bonchev–Trinajstić information content (AvgIpc) is 2.73. The van der Waals surface area contributed by atoms with Gasteiger partial charge >= 0.3 is 5.97 Å². The van der Waals surface area contributed by atoms with Crippen molar-refractivity contribution in [2.75, 3.05) is 13.1 Å². The van der Waals surface area contributed by atoms with Gasteiger partial charge in [0, 0.05) is 6.04 Å². The summed E-state index contributed by atoms with van der Waals surface area (Å²) in [5.74, 6) is -0.632. The predicted molar refractivity (Wildman–Crippen MR) is 132 cm³/mol. The topological polar surface area (TPSA) is 40.5 Å². The van der Waals surface area contributed by atoms with Crippen molar-refractivity contribution in [3.8, 4) is 0 Å². The van der Waals surface area contributed by atoms with Crippen molar-refractivity contribution in [1.29, 1.82) is 0 Å². The van der Waals surface area contributed by atoms with Crippen molar-refractivity contribution in [2.45, 2.75) is 155 Å². The molecule has 0 rings (SSSR count). The molecule has 0 aromatic heterocycles. The third kappa shape index (κ3) is 19.4. The Bertz CT molecular complexity index is 339. The maximum atomic E-state index is 11.5. The Labute approximate surface area is 189 Å². The molecule has 0 saturated carbocycles. The molecule has 0 spiro atoms. The lowest BCUT2D eigenvalue weighted by Crippen LogP contribution is -2.38. The van der Waals surface area contributed by atoms with Crippen LogP contribution < -0.4 is 0 Å². The first kappa shape index (κ1) is 29.4. The number of carboxylic acids is 1. The second kappa shape index (κ2) is 23.1. The van der Waals surface area contributed by atoms with Gasteiger partial charge in [-0.1, -0.05) is 124 Å². The van der Waals surface area contributed by atoms with Crippen molar-refractivity contribution < 1.29 is 9.90 Å². The number of unbranched alkanes of at least 4 members (excludes halogenated alkanes) is 15. The van der Waals surface area contributed by atoms with Crippen LogP contribution in [-0.4, -0.2) is 35.1 Å². The molecule has 0 heterocycles. The van der Waals surface area contributed by atoms with Gasteiger partial charge in [-0.05, 0) is 32.4 Å². The van der Waals surface area contributed by atoms with Gasteiger partial charge in [0.05, 0.1) is 6.42 Å². The average molecular weight is 426 g/mol. The molecule has 30 heavy (non-hydrogen) atoms. The smallest absolute Gasteiger partial charge is 0.304 e. The molecule has 0 aromatic carbocycles. The summed E-state index contributed by atoms with van der Waals surface area (Å²) in [4.78, 5) is 14.0. The van der Waals surface area contributed by atoms with Gasteiger partial charge in [-0.25, -0.2) is 0 Å². The van der Waals surface area contributed by atoms with Gasteiger partial charge in [-0.3, -0.25) is 9.69 Å². The molecular weight excluding hydrogens is 370 g/mol. The van der Waals surface area contributed by atoms with Gasteiger partial charge in [0.25, 0.3) is 0 Å². The molecule has 0 aliphatic carbocycles. The highest BCUT2D eigenvalue weighted by molar-refractivity contribution is 5.67. The van der Waals surface area contributed by atoms with E-state index in [2.05, 4.69) is 25.7 Å². The minimum atomic E-state index is -0.632. The van der Waals surface area contributed by atoms with Crippen LogP contribution in [0, 0.1) is 0 Å². The number of hydrogen-bond acceptors (Lipinski definition) is 2. The first-order valence-electron chi connectivity index (χ1n) is 13.6. The Kier molecular flexibility index (Phi) is 22.7. The van der Waals surface area contributed by atoms with Crippen LogP contribution in [0.25, 0.3) is 0 Å². The van der Waals surface area contributed by atoms with E-state index in [1.165, 1.54) is 103 Å². The van der Waals surface area contributed by atoms with E-state index >= 15 is 0 Å². The fourth-order valence-corrected chi connectivity index (χ4v) is 4.43. The lowest BCUT2D eigenvalue weighted by molar-refractivity contribution is -0.138. The van der Waals surface area contributed by atoms with E-state index in [0.717, 1.165) is 32.4 Å². The molecule has 0 amide bonds. The normalized spacial score (nSPS) is 12.5. The monoisotopic (exact) mass is 425 g/mol. The van der Waals surface area contributed by atoms with Gasteiger partial charge in [0.1, 0.15) is 0 Å². The number of aliphatic carboxylic acids is 1. The lowest BCUT2D eigenvalue weighted by Gasteiger charge is -2.31. The fourth-order valence-electron chi connectivity index (χ4n) is 4.43. The van der Waals surface area contributed by atoms with Crippen molar-refractivity contribution in [1.82, 2.24) is 4.90 Å². The Balaban J connectivity index is 4.29. The zero-order valence-corrected chi connectivity index (χ0v) is 20.9. The van der Waals surface area contributed by atoms with Crippen LogP contribution in [-0.2, 0) is 4.79 Å². The largest absolute Gasteiger partial charge is 0.481 e. The summed E-state index contributed by atoms with van der Waals surface area (Å²) in [5, 5.41) is 9.43. The van der Waals surface area contributed by atoms with Gasteiger partial charge in [-0.2, -0.15) is 0 Å². The predicted octanol–water partition coefficient (Wildman–Crippen LogP) is 8.60. The Morgan fingerprint density at radius 2 is 0.967 bits per heavy atom. The maximum absolute atomic E-state index is 11.5. The number of carboxylic acid groups (broad SMARTS) is 1. The van der Waals surface area contributed by atoms with Crippen LogP contribution in [0.15, 0.2) is 0 Å². The second-order valence-corrected chi connectivity index (χ2v) is 9.38. The highest BCUT2D eigenvalue weighted by atomic mass is 16.4. The summed E-state index contributed by atoms with van der Waals surface area (Å²) in [7, 11) is 0. The summed E-state index contributed by atoms with van der Waals surface area (Å²) >= 11 is 0. The molecule has 1 atom stereocenters. The number of nitrogens with zero attached hydrogens (tertiary/aromatic N) is 1. The Hall–Kier alpha value is -0.570. The minimum Gasteiger partial charge on any atom is -0.481 e. The highest BCUT2D eigenvalue weighted by Crippen LogP contribution is 2.17. The van der Waals surface area contributed by atoms with Gasteiger partial charge in [-0.15, -0.1) is 0 Å². The number of rotatable bonds is 24. The van der Waals surface area contributed by atoms with E-state index in [1.54, 1.807) is 0 Å². The van der Waals surface area contributed by atoms with E-state index in [1.807, 2.05) is 0 Å². The van der Waals surface area contributed by atoms with Crippen LogP contribution in [0.5, 0.6) is 0 Å². The van der Waals surface area contributed by atoms with Crippen molar-refractivity contribution in [3.05, 3.63) is 0 Å². The molecular formula is C27H55NO2. The van der Waals surface area contributed by atoms with E-state index in [0.29, 0.717) is 6.42 Å². The number of hydrogen-bond donors (Lipinski definition) is 1. The molecule has 3 nitrogen and oxygen atoms in total. The van der Waals surface area contributed by atoms with Crippen molar-refractivity contribution >= 4 is 5.97 Å². The van der Waals surface area contributed by atoms with Crippen molar-refractivity contribution in [2.24, 2.45) is 0 Å². The van der Waals surface area contributed by atoms with Crippen LogP contribution in [0.4, 0.5) is 0 Å². The summed E-state index contributed by atoms with van der Waals surface area (Å²) in [5.41, 5.74) is 0. The zero-order valence-electron chi connectivity index (χ0n) is 20.9. The van der Waals surface area contributed by atoms with Gasteiger partial charge in [0.2, 0.25) is 0 Å². The highest BCUT2D eigenvalue weighted by Gasteiger charge is 2.20. The molecule has 1 N–H and O–H groups in total. The number of carbonyl (C=O) groups is 1. The van der Waals surface area contributed by atoms with E-state index < -0.39 is 5.97 Å². The molecule has 0 aliphatic heterocycles. The molecule has 0 aliphatic rings. The molecule has 0 aromatic rings. The van der Waals surface area contributed by atoms with Crippen LogP contribution >= 0.6 is 0 Å². The summed E-state index contributed by atoms with van der Waals surface area (Å²) in [6.45, 7) is 8.93. The molecule has 0 saturated heterocycles. The lowest BCUT2D eigenvalue weighted by atomic mass is 10.0. The van der Waals surface area contributed by atoms with E-state index in [4.69, 9.17) is 0 Å². The molecule has 0 fully saturated rings. The standard InChI is InChI=1S/C27H55NO2/c1-4-7-10-12-14-16-18-20-23-28(26(22-9-6-3)25-27(29)30)24-21-19-17-15-13-11-8-5-2/h26H,4-25H2,1-3H3,(H,29,30). The van der Waals surface area contributed by atoms with Crippen LogP contribution in [0.3, 0.4) is 0 Å². The fraction of sp³-hybridized carbons (Fsp3) is 0.963. The summed E-state index contributed by atoms with van der Waals surface area (Å²) < 4.78 is 0. The van der Waals surface area contributed by atoms with Crippen LogP contribution in [0.1, 0.15) is 149 Å². The van der Waals surface area contributed by atoms with E-state index in [9.17, 15) is 9.90 Å². The molecule has 3 heteroatoms. The van der Waals surface area contributed by atoms with Gasteiger partial charge < -0.3 is 5.11 Å². The summed E-state index contributed by atoms with van der Waals surface area (Å²) in [6.07, 6.45) is 25.0. The van der Waals surface area contributed by atoms with Gasteiger partial charge in [0.15, 0.2) is 0 Å². The Morgan fingerprint density at radius 3 is 1.33 bits per heavy atom. The SMILES string of the molecule is CCCCCCCCCCN(CCCCCCCCCC)C(CCCC)CC(=O)O. The first-order chi connectivity index (χ1) is 14.7. The third-order valence-corrected chi connectivity index (χ3v) is 6.42. The van der Waals surface area contributed by atoms with Crippen molar-refractivity contribution in [3.63, 3.8) is 0 Å². The minimum absolute atomic E-state index is 0.233. The maximum Gasteiger partial charge on any atom is 0.304 e. The first-order valence-corrected chi connectivity index (χ1v) is 13.6. The molecule has 1 unspecified atom stereocenters. The molecule has 0 bridgehead atoms.